The standard InChI is InChI=1S/C16H18N4O2S/c1-4-20-11(3)12(9-17-20)10(2)18-16(21)13-8-14(22-19-13)15-6-5-7-23-15/h5-10H,4H2,1-3H3,(H,18,21)/t10-/m1/s1. The average molecular weight is 330 g/mol. The first-order chi connectivity index (χ1) is 11.1. The quantitative estimate of drug-likeness (QED) is 0.778. The molecule has 1 atom stereocenters. The van der Waals surface area contributed by atoms with Crippen LogP contribution >= 0.6 is 11.3 Å². The van der Waals surface area contributed by atoms with Crippen LogP contribution < -0.4 is 5.32 Å². The van der Waals surface area contributed by atoms with Gasteiger partial charge in [0.15, 0.2) is 11.5 Å². The lowest BCUT2D eigenvalue weighted by Gasteiger charge is -2.12. The maximum absolute atomic E-state index is 12.3. The summed E-state index contributed by atoms with van der Waals surface area (Å²) >= 11 is 1.54. The molecule has 0 spiro atoms. The lowest BCUT2D eigenvalue weighted by atomic mass is 10.1. The number of amides is 1. The predicted octanol–water partition coefficient (Wildman–Crippen LogP) is 3.42. The molecule has 3 heterocycles. The molecule has 0 aliphatic rings. The summed E-state index contributed by atoms with van der Waals surface area (Å²) in [7, 11) is 0. The number of hydrogen-bond donors (Lipinski definition) is 1. The van der Waals surface area contributed by atoms with Crippen LogP contribution in [0.25, 0.3) is 10.6 Å². The fraction of sp³-hybridized carbons (Fsp3) is 0.312. The fourth-order valence-corrected chi connectivity index (χ4v) is 3.14. The molecule has 0 aliphatic heterocycles. The summed E-state index contributed by atoms with van der Waals surface area (Å²) in [4.78, 5) is 13.3. The Morgan fingerprint density at radius 3 is 3.00 bits per heavy atom. The molecule has 0 fully saturated rings. The minimum absolute atomic E-state index is 0.148. The molecular weight excluding hydrogens is 312 g/mol. The molecule has 1 N–H and O–H groups in total. The molecule has 0 aliphatic carbocycles. The van der Waals surface area contributed by atoms with Gasteiger partial charge in [-0.2, -0.15) is 5.10 Å². The van der Waals surface area contributed by atoms with Gasteiger partial charge in [-0.05, 0) is 32.2 Å². The van der Waals surface area contributed by atoms with Gasteiger partial charge in [0.2, 0.25) is 0 Å². The molecule has 0 unspecified atom stereocenters. The number of carbonyl (C=O) groups is 1. The zero-order valence-corrected chi connectivity index (χ0v) is 14.1. The Morgan fingerprint density at radius 1 is 1.52 bits per heavy atom. The molecule has 0 bridgehead atoms. The maximum Gasteiger partial charge on any atom is 0.273 e. The Morgan fingerprint density at radius 2 is 2.35 bits per heavy atom. The number of thiophene rings is 1. The highest BCUT2D eigenvalue weighted by atomic mass is 32.1. The largest absolute Gasteiger partial charge is 0.355 e. The third-order valence-corrected chi connectivity index (χ3v) is 4.65. The van der Waals surface area contributed by atoms with Gasteiger partial charge in [-0.3, -0.25) is 9.48 Å². The highest BCUT2D eigenvalue weighted by Gasteiger charge is 2.19. The predicted molar refractivity (Wildman–Crippen MR) is 88.3 cm³/mol. The van der Waals surface area contributed by atoms with Crippen molar-refractivity contribution in [1.82, 2.24) is 20.3 Å². The number of nitrogens with zero attached hydrogens (tertiary/aromatic N) is 3. The van der Waals surface area contributed by atoms with Crippen molar-refractivity contribution in [2.75, 3.05) is 0 Å². The SMILES string of the molecule is CCn1ncc([C@@H](C)NC(=O)c2cc(-c3cccs3)on2)c1C. The molecule has 0 radical (unpaired) electrons. The van der Waals surface area contributed by atoms with Crippen LogP contribution in [0.1, 0.15) is 41.6 Å². The van der Waals surface area contributed by atoms with E-state index in [2.05, 4.69) is 15.6 Å². The van der Waals surface area contributed by atoms with Gasteiger partial charge in [0.1, 0.15) is 0 Å². The van der Waals surface area contributed by atoms with E-state index in [1.165, 1.54) is 0 Å². The molecule has 1 amide bonds. The number of nitrogens with one attached hydrogen (secondary N) is 1. The molecule has 0 saturated carbocycles. The van der Waals surface area contributed by atoms with Crippen LogP contribution in [0.2, 0.25) is 0 Å². The minimum atomic E-state index is -0.257. The lowest BCUT2D eigenvalue weighted by molar-refractivity contribution is 0.0930. The van der Waals surface area contributed by atoms with Crippen molar-refractivity contribution in [3.63, 3.8) is 0 Å². The Bertz CT molecular complexity index is 804. The topological polar surface area (TPSA) is 73.0 Å². The highest BCUT2D eigenvalue weighted by Crippen LogP contribution is 2.25. The first-order valence-electron chi connectivity index (χ1n) is 7.44. The molecular formula is C16H18N4O2S. The second kappa shape index (κ2) is 6.37. The van der Waals surface area contributed by atoms with Crippen LogP contribution in [0.15, 0.2) is 34.3 Å². The Hall–Kier alpha value is -2.41. The van der Waals surface area contributed by atoms with Gasteiger partial charge in [0, 0.05) is 23.9 Å². The third-order valence-electron chi connectivity index (χ3n) is 3.76. The average Bonchev–Trinajstić information content (AvgIpc) is 3.27. The van der Waals surface area contributed by atoms with Gasteiger partial charge in [-0.1, -0.05) is 11.2 Å². The Balaban J connectivity index is 1.72. The van der Waals surface area contributed by atoms with Crippen molar-refractivity contribution in [1.29, 1.82) is 0 Å². The summed E-state index contributed by atoms with van der Waals surface area (Å²) in [5.41, 5.74) is 2.34. The molecule has 120 valence electrons. The molecule has 6 nitrogen and oxygen atoms in total. The van der Waals surface area contributed by atoms with E-state index in [0.717, 1.165) is 22.7 Å². The first kappa shape index (κ1) is 15.5. The van der Waals surface area contributed by atoms with Gasteiger partial charge in [-0.25, -0.2) is 0 Å². The molecule has 3 aromatic heterocycles. The van der Waals surface area contributed by atoms with Crippen LogP contribution in [0.3, 0.4) is 0 Å². The van der Waals surface area contributed by atoms with E-state index in [0.29, 0.717) is 5.76 Å². The zero-order chi connectivity index (χ0) is 16.4. The smallest absolute Gasteiger partial charge is 0.273 e. The lowest BCUT2D eigenvalue weighted by Crippen LogP contribution is -2.27. The van der Waals surface area contributed by atoms with Crippen molar-refractivity contribution in [3.05, 3.63) is 46.7 Å². The van der Waals surface area contributed by atoms with Gasteiger partial charge < -0.3 is 9.84 Å². The van der Waals surface area contributed by atoms with Crippen molar-refractivity contribution in [2.24, 2.45) is 0 Å². The highest BCUT2D eigenvalue weighted by molar-refractivity contribution is 7.13. The Kier molecular flexibility index (Phi) is 4.29. The van der Waals surface area contributed by atoms with E-state index in [1.54, 1.807) is 23.6 Å². The zero-order valence-electron chi connectivity index (χ0n) is 13.2. The van der Waals surface area contributed by atoms with E-state index >= 15 is 0 Å². The van der Waals surface area contributed by atoms with Crippen LogP contribution in [-0.2, 0) is 6.54 Å². The summed E-state index contributed by atoms with van der Waals surface area (Å²) in [5.74, 6) is 0.348. The van der Waals surface area contributed by atoms with Crippen molar-refractivity contribution >= 4 is 17.2 Å². The molecule has 0 saturated heterocycles. The monoisotopic (exact) mass is 330 g/mol. The van der Waals surface area contributed by atoms with Gasteiger partial charge in [-0.15, -0.1) is 11.3 Å². The molecule has 7 heteroatoms. The first-order valence-corrected chi connectivity index (χ1v) is 8.32. The summed E-state index contributed by atoms with van der Waals surface area (Å²) in [6, 6.07) is 5.37. The normalized spacial score (nSPS) is 12.3. The van der Waals surface area contributed by atoms with Gasteiger partial charge >= 0.3 is 0 Å². The van der Waals surface area contributed by atoms with Crippen LogP contribution in [-0.4, -0.2) is 20.8 Å². The van der Waals surface area contributed by atoms with E-state index in [4.69, 9.17) is 4.52 Å². The number of rotatable bonds is 5. The second-order valence-corrected chi connectivity index (χ2v) is 6.20. The van der Waals surface area contributed by atoms with E-state index in [-0.39, 0.29) is 17.6 Å². The summed E-state index contributed by atoms with van der Waals surface area (Å²) in [6.45, 7) is 6.77. The molecule has 3 aromatic rings. The fourth-order valence-electron chi connectivity index (χ4n) is 2.47. The van der Waals surface area contributed by atoms with Crippen LogP contribution in [0, 0.1) is 6.92 Å². The van der Waals surface area contributed by atoms with E-state index in [9.17, 15) is 4.79 Å². The number of carbonyl (C=O) groups excluding carboxylic acids is 1. The number of hydrogen-bond acceptors (Lipinski definition) is 5. The summed E-state index contributed by atoms with van der Waals surface area (Å²) in [5, 5.41) is 13.1. The van der Waals surface area contributed by atoms with Crippen molar-refractivity contribution in [3.8, 4) is 10.6 Å². The van der Waals surface area contributed by atoms with Gasteiger partial charge in [0.25, 0.3) is 5.91 Å². The van der Waals surface area contributed by atoms with Crippen molar-refractivity contribution < 1.29 is 9.32 Å². The molecule has 0 aromatic carbocycles. The Labute approximate surface area is 138 Å². The van der Waals surface area contributed by atoms with Crippen molar-refractivity contribution in [2.45, 2.75) is 33.4 Å². The second-order valence-electron chi connectivity index (χ2n) is 5.25. The van der Waals surface area contributed by atoms with Crippen LogP contribution in [0.5, 0.6) is 0 Å². The van der Waals surface area contributed by atoms with E-state index < -0.39 is 0 Å². The number of aryl methyl sites for hydroxylation is 1. The third kappa shape index (κ3) is 3.05. The molecule has 3 rings (SSSR count). The van der Waals surface area contributed by atoms with Crippen LogP contribution in [0.4, 0.5) is 0 Å². The summed E-state index contributed by atoms with van der Waals surface area (Å²) < 4.78 is 7.15. The molecule has 23 heavy (non-hydrogen) atoms. The number of aromatic nitrogens is 3. The maximum atomic E-state index is 12.3. The van der Waals surface area contributed by atoms with E-state index in [1.807, 2.05) is 43.0 Å². The minimum Gasteiger partial charge on any atom is -0.355 e. The summed E-state index contributed by atoms with van der Waals surface area (Å²) in [6.07, 6.45) is 1.80. The van der Waals surface area contributed by atoms with Gasteiger partial charge in [0.05, 0.1) is 17.1 Å².